The van der Waals surface area contributed by atoms with Crippen molar-refractivity contribution in [3.63, 3.8) is 0 Å². The molecular formula is C16H17F2NO. The highest BCUT2D eigenvalue weighted by Crippen LogP contribution is 2.22. The van der Waals surface area contributed by atoms with Gasteiger partial charge in [-0.2, -0.15) is 0 Å². The molecule has 0 radical (unpaired) electrons. The fraction of sp³-hybridized carbons (Fsp3) is 0.250. The van der Waals surface area contributed by atoms with Crippen LogP contribution < -0.4 is 10.5 Å². The zero-order valence-electron chi connectivity index (χ0n) is 11.5. The van der Waals surface area contributed by atoms with E-state index in [9.17, 15) is 8.78 Å². The van der Waals surface area contributed by atoms with Gasteiger partial charge in [-0.1, -0.05) is 12.1 Å². The van der Waals surface area contributed by atoms with E-state index in [1.54, 1.807) is 12.1 Å². The van der Waals surface area contributed by atoms with Crippen LogP contribution >= 0.6 is 0 Å². The number of nitrogens with two attached hydrogens (primary N) is 1. The van der Waals surface area contributed by atoms with Crippen LogP contribution in [0.3, 0.4) is 0 Å². The van der Waals surface area contributed by atoms with Crippen molar-refractivity contribution in [1.29, 1.82) is 0 Å². The maximum Gasteiger partial charge on any atom is 0.165 e. The molecule has 0 aliphatic rings. The third kappa shape index (κ3) is 3.33. The minimum Gasteiger partial charge on any atom is -0.494 e. The molecule has 2 aromatic rings. The van der Waals surface area contributed by atoms with E-state index in [4.69, 9.17) is 10.5 Å². The summed E-state index contributed by atoms with van der Waals surface area (Å²) in [6.07, 6.45) is 0.434. The Labute approximate surface area is 117 Å². The normalized spacial score (nSPS) is 12.2. The average molecular weight is 277 g/mol. The smallest absolute Gasteiger partial charge is 0.165 e. The number of halogens is 2. The lowest BCUT2D eigenvalue weighted by atomic mass is 9.98. The topological polar surface area (TPSA) is 35.2 Å². The van der Waals surface area contributed by atoms with Gasteiger partial charge in [0.25, 0.3) is 0 Å². The number of rotatable bonds is 4. The number of methoxy groups -OCH3 is 1. The molecule has 106 valence electrons. The van der Waals surface area contributed by atoms with Gasteiger partial charge in [0, 0.05) is 6.04 Å². The molecule has 0 heterocycles. The first-order chi connectivity index (χ1) is 9.49. The summed E-state index contributed by atoms with van der Waals surface area (Å²) in [5, 5.41) is 0. The van der Waals surface area contributed by atoms with Gasteiger partial charge in [0.1, 0.15) is 5.82 Å². The molecule has 1 atom stereocenters. The predicted octanol–water partition coefficient (Wildman–Crippen LogP) is 3.52. The number of aryl methyl sites for hydroxylation is 1. The van der Waals surface area contributed by atoms with E-state index in [-0.39, 0.29) is 17.6 Å². The average Bonchev–Trinajstić information content (AvgIpc) is 2.37. The molecule has 2 rings (SSSR count). The summed E-state index contributed by atoms with van der Waals surface area (Å²) in [5.74, 6) is -0.534. The van der Waals surface area contributed by atoms with Crippen molar-refractivity contribution in [2.24, 2.45) is 5.73 Å². The second-order valence-electron chi connectivity index (χ2n) is 4.84. The maximum atomic E-state index is 13.6. The zero-order valence-corrected chi connectivity index (χ0v) is 11.5. The van der Waals surface area contributed by atoms with E-state index in [0.717, 1.165) is 11.1 Å². The van der Waals surface area contributed by atoms with E-state index >= 15 is 0 Å². The molecule has 0 aromatic heterocycles. The molecule has 0 spiro atoms. The molecule has 0 saturated carbocycles. The molecule has 4 heteroatoms. The summed E-state index contributed by atoms with van der Waals surface area (Å²) < 4.78 is 31.8. The lowest BCUT2D eigenvalue weighted by Crippen LogP contribution is -2.14. The van der Waals surface area contributed by atoms with Crippen LogP contribution in [0.25, 0.3) is 0 Å². The summed E-state index contributed by atoms with van der Waals surface area (Å²) in [5.41, 5.74) is 8.34. The monoisotopic (exact) mass is 277 g/mol. The molecule has 2 aromatic carbocycles. The summed E-state index contributed by atoms with van der Waals surface area (Å²) in [4.78, 5) is 0. The summed E-state index contributed by atoms with van der Waals surface area (Å²) in [7, 11) is 1.42. The van der Waals surface area contributed by atoms with Crippen molar-refractivity contribution in [3.8, 4) is 5.75 Å². The van der Waals surface area contributed by atoms with Gasteiger partial charge in [-0.15, -0.1) is 0 Å². The summed E-state index contributed by atoms with van der Waals surface area (Å²) in [6, 6.07) is 9.04. The standard InChI is InChI=1S/C16H17F2NO/c1-10-5-12(9-13(17)6-10)15(19)8-11-3-4-16(20-2)14(18)7-11/h3-7,9,15H,8,19H2,1-2H3. The second-order valence-corrected chi connectivity index (χ2v) is 4.84. The molecule has 0 amide bonds. The largest absolute Gasteiger partial charge is 0.494 e. The van der Waals surface area contributed by atoms with Crippen LogP contribution in [0.4, 0.5) is 8.78 Å². The van der Waals surface area contributed by atoms with Gasteiger partial charge < -0.3 is 10.5 Å². The van der Waals surface area contributed by atoms with Crippen LogP contribution in [0.1, 0.15) is 22.7 Å². The molecule has 2 nitrogen and oxygen atoms in total. The Morgan fingerprint density at radius 2 is 1.90 bits per heavy atom. The lowest BCUT2D eigenvalue weighted by molar-refractivity contribution is 0.386. The second kappa shape index (κ2) is 6.01. The predicted molar refractivity (Wildman–Crippen MR) is 74.7 cm³/mol. The Morgan fingerprint density at radius 1 is 1.15 bits per heavy atom. The molecule has 0 saturated heterocycles. The Bertz CT molecular complexity index is 593. The Kier molecular flexibility index (Phi) is 4.35. The number of benzene rings is 2. The van der Waals surface area contributed by atoms with E-state index in [1.165, 1.54) is 25.3 Å². The molecule has 0 bridgehead atoms. The first-order valence-corrected chi connectivity index (χ1v) is 6.34. The van der Waals surface area contributed by atoms with E-state index in [2.05, 4.69) is 0 Å². The molecule has 0 aliphatic carbocycles. The van der Waals surface area contributed by atoms with Gasteiger partial charge in [0.15, 0.2) is 11.6 Å². The van der Waals surface area contributed by atoms with Crippen molar-refractivity contribution >= 4 is 0 Å². The lowest BCUT2D eigenvalue weighted by Gasteiger charge is -2.14. The highest BCUT2D eigenvalue weighted by molar-refractivity contribution is 5.32. The third-order valence-electron chi connectivity index (χ3n) is 3.16. The van der Waals surface area contributed by atoms with E-state index < -0.39 is 5.82 Å². The van der Waals surface area contributed by atoms with Crippen LogP contribution in [0.2, 0.25) is 0 Å². The first-order valence-electron chi connectivity index (χ1n) is 6.34. The van der Waals surface area contributed by atoms with Crippen molar-refractivity contribution < 1.29 is 13.5 Å². The quantitative estimate of drug-likeness (QED) is 0.928. The highest BCUT2D eigenvalue weighted by Gasteiger charge is 2.11. The van der Waals surface area contributed by atoms with Gasteiger partial charge in [0.2, 0.25) is 0 Å². The van der Waals surface area contributed by atoms with E-state index in [1.807, 2.05) is 13.0 Å². The van der Waals surface area contributed by atoms with Gasteiger partial charge >= 0.3 is 0 Å². The number of hydrogen-bond donors (Lipinski definition) is 1. The van der Waals surface area contributed by atoms with Crippen LogP contribution in [0.5, 0.6) is 5.75 Å². The molecule has 2 N–H and O–H groups in total. The fourth-order valence-electron chi connectivity index (χ4n) is 2.19. The first kappa shape index (κ1) is 14.5. The molecule has 1 unspecified atom stereocenters. The van der Waals surface area contributed by atoms with Gasteiger partial charge in [0.05, 0.1) is 7.11 Å². The molecule has 20 heavy (non-hydrogen) atoms. The summed E-state index contributed by atoms with van der Waals surface area (Å²) in [6.45, 7) is 1.81. The SMILES string of the molecule is COc1ccc(CC(N)c2cc(C)cc(F)c2)cc1F. The van der Waals surface area contributed by atoms with Crippen molar-refractivity contribution in [1.82, 2.24) is 0 Å². The Morgan fingerprint density at radius 3 is 2.50 bits per heavy atom. The molecule has 0 fully saturated rings. The van der Waals surface area contributed by atoms with Crippen molar-refractivity contribution in [2.45, 2.75) is 19.4 Å². The zero-order chi connectivity index (χ0) is 14.7. The van der Waals surface area contributed by atoms with Crippen molar-refractivity contribution in [3.05, 3.63) is 64.7 Å². The van der Waals surface area contributed by atoms with Gasteiger partial charge in [-0.3, -0.25) is 0 Å². The van der Waals surface area contributed by atoms with Crippen LogP contribution in [0.15, 0.2) is 36.4 Å². The minimum atomic E-state index is -0.423. The fourth-order valence-corrected chi connectivity index (χ4v) is 2.19. The minimum absolute atomic E-state index is 0.198. The summed E-state index contributed by atoms with van der Waals surface area (Å²) >= 11 is 0. The van der Waals surface area contributed by atoms with Crippen molar-refractivity contribution in [2.75, 3.05) is 7.11 Å². The Balaban J connectivity index is 2.18. The Hall–Kier alpha value is -1.94. The molecular weight excluding hydrogens is 260 g/mol. The highest BCUT2D eigenvalue weighted by atomic mass is 19.1. The molecule has 0 aliphatic heterocycles. The van der Waals surface area contributed by atoms with Crippen LogP contribution in [-0.4, -0.2) is 7.11 Å². The number of hydrogen-bond acceptors (Lipinski definition) is 2. The number of ether oxygens (including phenoxy) is 1. The van der Waals surface area contributed by atoms with Gasteiger partial charge in [-0.25, -0.2) is 8.78 Å². The van der Waals surface area contributed by atoms with E-state index in [0.29, 0.717) is 12.0 Å². The van der Waals surface area contributed by atoms with Crippen LogP contribution in [0, 0.1) is 18.6 Å². The maximum absolute atomic E-state index is 13.6. The van der Waals surface area contributed by atoms with Crippen LogP contribution in [-0.2, 0) is 6.42 Å². The van der Waals surface area contributed by atoms with Gasteiger partial charge in [-0.05, 0) is 54.3 Å². The third-order valence-corrected chi connectivity index (χ3v) is 3.16.